The third-order valence-corrected chi connectivity index (χ3v) is 7.00. The maximum absolute atomic E-state index is 12.4. The molecule has 1 aromatic carbocycles. The van der Waals surface area contributed by atoms with Crippen molar-refractivity contribution >= 4 is 27.5 Å². The third kappa shape index (κ3) is 6.99. The lowest BCUT2D eigenvalue weighted by Gasteiger charge is -2.21. The molecule has 0 saturated heterocycles. The highest BCUT2D eigenvalue weighted by molar-refractivity contribution is 8.01. The molecule has 5 nitrogen and oxygen atoms in total. The molecule has 1 aromatic rings. The summed E-state index contributed by atoms with van der Waals surface area (Å²) in [6.45, 7) is 8.18. The minimum Gasteiger partial charge on any atom is -0.351 e. The number of carbonyl (C=O) groups is 1. The summed E-state index contributed by atoms with van der Waals surface area (Å²) >= 11 is 1.27. The van der Waals surface area contributed by atoms with Gasteiger partial charge in [-0.05, 0) is 37.8 Å². The van der Waals surface area contributed by atoms with Gasteiger partial charge in [-0.2, -0.15) is 0 Å². The van der Waals surface area contributed by atoms with Gasteiger partial charge in [-0.15, -0.1) is 11.8 Å². The van der Waals surface area contributed by atoms with Crippen molar-refractivity contribution in [1.29, 1.82) is 0 Å². The summed E-state index contributed by atoms with van der Waals surface area (Å²) in [5.41, 5.74) is 5.74. The standard InChI is InChI=1S/C18H30N2O3S2/c1-5-10-25(22,23)17-9-7-6-8-16(17)24-14(4)18(21)20-15(12-19)11-13(2)3/h6-9,13-15H,5,10-12,19H2,1-4H3,(H,20,21). The number of sulfone groups is 1. The van der Waals surface area contributed by atoms with Crippen LogP contribution in [0.15, 0.2) is 34.1 Å². The maximum atomic E-state index is 12.4. The lowest BCUT2D eigenvalue weighted by Crippen LogP contribution is -2.44. The molecule has 25 heavy (non-hydrogen) atoms. The van der Waals surface area contributed by atoms with Gasteiger partial charge in [0.05, 0.1) is 15.9 Å². The Hall–Kier alpha value is -1.05. The van der Waals surface area contributed by atoms with Crippen LogP contribution in [0.1, 0.15) is 40.5 Å². The van der Waals surface area contributed by atoms with E-state index in [0.717, 1.165) is 6.42 Å². The molecule has 7 heteroatoms. The lowest BCUT2D eigenvalue weighted by molar-refractivity contribution is -0.121. The molecule has 1 rings (SSSR count). The van der Waals surface area contributed by atoms with Gasteiger partial charge in [0, 0.05) is 17.5 Å². The van der Waals surface area contributed by atoms with Gasteiger partial charge in [0.1, 0.15) is 0 Å². The summed E-state index contributed by atoms with van der Waals surface area (Å²) in [5.74, 6) is 0.426. The maximum Gasteiger partial charge on any atom is 0.233 e. The summed E-state index contributed by atoms with van der Waals surface area (Å²) in [6.07, 6.45) is 1.38. The molecule has 2 atom stereocenters. The van der Waals surface area contributed by atoms with Crippen LogP contribution in [0.4, 0.5) is 0 Å². The highest BCUT2D eigenvalue weighted by atomic mass is 32.2. The van der Waals surface area contributed by atoms with Crippen LogP contribution in [0, 0.1) is 5.92 Å². The molecule has 0 aromatic heterocycles. The summed E-state index contributed by atoms with van der Waals surface area (Å²) in [7, 11) is -3.33. The van der Waals surface area contributed by atoms with Crippen molar-refractivity contribution in [2.24, 2.45) is 11.7 Å². The molecule has 0 aliphatic carbocycles. The fourth-order valence-corrected chi connectivity index (χ4v) is 5.37. The van der Waals surface area contributed by atoms with Gasteiger partial charge in [-0.1, -0.05) is 32.9 Å². The number of rotatable bonds is 10. The van der Waals surface area contributed by atoms with E-state index in [1.54, 1.807) is 31.2 Å². The molecule has 0 radical (unpaired) electrons. The average molecular weight is 387 g/mol. The minimum absolute atomic E-state index is 0.0605. The molecular weight excluding hydrogens is 356 g/mol. The SMILES string of the molecule is CCCS(=O)(=O)c1ccccc1SC(C)C(=O)NC(CN)CC(C)C. The monoisotopic (exact) mass is 386 g/mol. The van der Waals surface area contributed by atoms with Crippen LogP contribution in [0.3, 0.4) is 0 Å². The van der Waals surface area contributed by atoms with Gasteiger partial charge in [-0.3, -0.25) is 4.79 Å². The van der Waals surface area contributed by atoms with Gasteiger partial charge in [-0.25, -0.2) is 8.42 Å². The Morgan fingerprint density at radius 2 is 1.88 bits per heavy atom. The highest BCUT2D eigenvalue weighted by Gasteiger charge is 2.23. The van der Waals surface area contributed by atoms with Crippen LogP contribution in [-0.4, -0.2) is 37.9 Å². The Bertz CT molecular complexity index is 660. The Morgan fingerprint density at radius 1 is 1.24 bits per heavy atom. The van der Waals surface area contributed by atoms with E-state index in [-0.39, 0.29) is 17.7 Å². The first-order chi connectivity index (χ1) is 11.7. The first kappa shape index (κ1) is 22.0. The van der Waals surface area contributed by atoms with Crippen LogP contribution >= 0.6 is 11.8 Å². The van der Waals surface area contributed by atoms with Gasteiger partial charge in [0.25, 0.3) is 0 Å². The Morgan fingerprint density at radius 3 is 2.44 bits per heavy atom. The van der Waals surface area contributed by atoms with Crippen molar-refractivity contribution in [3.8, 4) is 0 Å². The molecule has 0 fully saturated rings. The molecule has 142 valence electrons. The molecule has 0 saturated carbocycles. The second-order valence-electron chi connectivity index (χ2n) is 6.60. The second-order valence-corrected chi connectivity index (χ2v) is 10.1. The number of nitrogens with two attached hydrogens (primary N) is 1. The van der Waals surface area contributed by atoms with Gasteiger partial charge >= 0.3 is 0 Å². The average Bonchev–Trinajstić information content (AvgIpc) is 2.53. The van der Waals surface area contributed by atoms with Crippen LogP contribution in [0.5, 0.6) is 0 Å². The topological polar surface area (TPSA) is 89.3 Å². The Kier molecular flexibility index (Phi) is 8.96. The van der Waals surface area contributed by atoms with Crippen LogP contribution in [0.25, 0.3) is 0 Å². The number of carbonyl (C=O) groups excluding carboxylic acids is 1. The van der Waals surface area contributed by atoms with Crippen molar-refractivity contribution in [3.63, 3.8) is 0 Å². The Balaban J connectivity index is 2.87. The first-order valence-electron chi connectivity index (χ1n) is 8.70. The molecule has 0 aliphatic rings. The fourth-order valence-electron chi connectivity index (χ4n) is 2.53. The number of amides is 1. The summed E-state index contributed by atoms with van der Waals surface area (Å²) in [6, 6.07) is 6.81. The highest BCUT2D eigenvalue weighted by Crippen LogP contribution is 2.30. The van der Waals surface area contributed by atoms with Crippen molar-refractivity contribution in [2.75, 3.05) is 12.3 Å². The molecule has 0 bridgehead atoms. The summed E-state index contributed by atoms with van der Waals surface area (Å²) in [4.78, 5) is 13.4. The van der Waals surface area contributed by atoms with Crippen LogP contribution in [0.2, 0.25) is 0 Å². The summed E-state index contributed by atoms with van der Waals surface area (Å²) < 4.78 is 24.8. The van der Waals surface area contributed by atoms with E-state index in [4.69, 9.17) is 5.73 Å². The zero-order valence-corrected chi connectivity index (χ0v) is 17.1. The van der Waals surface area contributed by atoms with Crippen molar-refractivity contribution in [2.45, 2.75) is 61.6 Å². The molecule has 2 unspecified atom stereocenters. The number of nitrogens with one attached hydrogen (secondary N) is 1. The molecule has 0 aliphatic heterocycles. The molecule has 0 heterocycles. The number of benzene rings is 1. The van der Waals surface area contributed by atoms with E-state index in [0.29, 0.717) is 28.7 Å². The quantitative estimate of drug-likeness (QED) is 0.604. The minimum atomic E-state index is -3.33. The van der Waals surface area contributed by atoms with E-state index in [1.807, 2.05) is 6.92 Å². The van der Waals surface area contributed by atoms with Gasteiger partial charge in [0.2, 0.25) is 5.91 Å². The van der Waals surface area contributed by atoms with Gasteiger partial charge < -0.3 is 11.1 Å². The lowest BCUT2D eigenvalue weighted by atomic mass is 10.0. The van der Waals surface area contributed by atoms with E-state index in [1.165, 1.54) is 11.8 Å². The predicted molar refractivity (Wildman–Crippen MR) is 105 cm³/mol. The predicted octanol–water partition coefficient (Wildman–Crippen LogP) is 2.84. The summed E-state index contributed by atoms with van der Waals surface area (Å²) in [5, 5.41) is 2.56. The normalized spacial score (nSPS) is 14.3. The molecule has 0 spiro atoms. The van der Waals surface area contributed by atoms with Crippen molar-refractivity contribution in [1.82, 2.24) is 5.32 Å². The molecule has 1 amide bonds. The largest absolute Gasteiger partial charge is 0.351 e. The van der Waals surface area contributed by atoms with Crippen molar-refractivity contribution in [3.05, 3.63) is 24.3 Å². The third-order valence-electron chi connectivity index (χ3n) is 3.72. The molecule has 3 N–H and O–H groups in total. The molecular formula is C18H30N2O3S2. The Labute approximate surface area is 156 Å². The van der Waals surface area contributed by atoms with Crippen LogP contribution in [-0.2, 0) is 14.6 Å². The fraction of sp³-hybridized carbons (Fsp3) is 0.611. The van der Waals surface area contributed by atoms with Gasteiger partial charge in [0.15, 0.2) is 9.84 Å². The zero-order valence-electron chi connectivity index (χ0n) is 15.5. The van der Waals surface area contributed by atoms with E-state index < -0.39 is 15.1 Å². The zero-order chi connectivity index (χ0) is 19.0. The van der Waals surface area contributed by atoms with E-state index in [9.17, 15) is 13.2 Å². The number of hydrogen-bond donors (Lipinski definition) is 2. The number of thioether (sulfide) groups is 1. The van der Waals surface area contributed by atoms with E-state index in [2.05, 4.69) is 19.2 Å². The van der Waals surface area contributed by atoms with Crippen LogP contribution < -0.4 is 11.1 Å². The van der Waals surface area contributed by atoms with E-state index >= 15 is 0 Å². The number of hydrogen-bond acceptors (Lipinski definition) is 5. The second kappa shape index (κ2) is 10.2. The smallest absolute Gasteiger partial charge is 0.233 e. The van der Waals surface area contributed by atoms with Crippen molar-refractivity contribution < 1.29 is 13.2 Å². The first-order valence-corrected chi connectivity index (χ1v) is 11.2.